The van der Waals surface area contributed by atoms with Gasteiger partial charge >= 0.3 is 0 Å². The Bertz CT molecular complexity index is 693. The fourth-order valence-corrected chi connectivity index (χ4v) is 5.52. The molecule has 1 amide bonds. The summed E-state index contributed by atoms with van der Waals surface area (Å²) in [6.45, 7) is 6.11. The van der Waals surface area contributed by atoms with Crippen molar-refractivity contribution in [3.63, 3.8) is 0 Å². The van der Waals surface area contributed by atoms with Crippen molar-refractivity contribution in [2.75, 3.05) is 53.0 Å². The Labute approximate surface area is 181 Å². The van der Waals surface area contributed by atoms with E-state index < -0.39 is 0 Å². The molecule has 3 aliphatic heterocycles. The van der Waals surface area contributed by atoms with Crippen molar-refractivity contribution in [2.24, 2.45) is 11.3 Å². The van der Waals surface area contributed by atoms with E-state index in [2.05, 4.69) is 41.1 Å². The maximum Gasteiger partial charge on any atom is 0.225 e. The lowest BCUT2D eigenvalue weighted by atomic mass is 9.73. The van der Waals surface area contributed by atoms with Gasteiger partial charge < -0.3 is 19.3 Å². The number of piperidine rings is 1. The number of ether oxygens (including phenoxy) is 2. The van der Waals surface area contributed by atoms with E-state index in [-0.39, 0.29) is 5.92 Å². The van der Waals surface area contributed by atoms with E-state index in [1.807, 2.05) is 0 Å². The third-order valence-electron chi connectivity index (χ3n) is 7.42. The summed E-state index contributed by atoms with van der Waals surface area (Å²) in [5.41, 5.74) is 1.67. The standard InChI is InChI=1S/C25H38N2O3/c1-26-16-19-30-23-8-3-2-6-21(23)7-4-5-11-25(20-26)12-14-27(15-13-25)24(28)22-9-17-29-18-10-22/h2-3,6,8,22H,4-5,7,9-20H2,1H3. The van der Waals surface area contributed by atoms with Gasteiger partial charge in [-0.3, -0.25) is 4.79 Å². The highest BCUT2D eigenvalue weighted by Crippen LogP contribution is 2.38. The van der Waals surface area contributed by atoms with Crippen LogP contribution in [0.15, 0.2) is 24.3 Å². The molecule has 0 aliphatic carbocycles. The molecule has 5 heteroatoms. The largest absolute Gasteiger partial charge is 0.492 e. The van der Waals surface area contributed by atoms with Crippen molar-refractivity contribution >= 4 is 5.91 Å². The average molecular weight is 415 g/mol. The summed E-state index contributed by atoms with van der Waals surface area (Å²) < 4.78 is 11.6. The quantitative estimate of drug-likeness (QED) is 0.702. The molecule has 1 aromatic carbocycles. The highest BCUT2D eigenvalue weighted by Gasteiger charge is 2.38. The summed E-state index contributed by atoms with van der Waals surface area (Å²) in [6, 6.07) is 8.50. The zero-order valence-electron chi connectivity index (χ0n) is 18.6. The highest BCUT2D eigenvalue weighted by atomic mass is 16.5. The number of carbonyl (C=O) groups is 1. The molecule has 0 unspecified atom stereocenters. The van der Waals surface area contributed by atoms with Gasteiger partial charge in [0.15, 0.2) is 0 Å². The third kappa shape index (κ3) is 5.36. The lowest BCUT2D eigenvalue weighted by Gasteiger charge is -2.45. The van der Waals surface area contributed by atoms with Gasteiger partial charge in [0.05, 0.1) is 0 Å². The number of hydrogen-bond donors (Lipinski definition) is 0. The van der Waals surface area contributed by atoms with Gasteiger partial charge in [0, 0.05) is 45.3 Å². The Balaban J connectivity index is 1.37. The number of benzene rings is 1. The van der Waals surface area contributed by atoms with Gasteiger partial charge in [0.2, 0.25) is 5.91 Å². The topological polar surface area (TPSA) is 42.0 Å². The zero-order valence-corrected chi connectivity index (χ0v) is 18.6. The summed E-state index contributed by atoms with van der Waals surface area (Å²) in [7, 11) is 2.22. The third-order valence-corrected chi connectivity index (χ3v) is 7.42. The van der Waals surface area contributed by atoms with Crippen molar-refractivity contribution < 1.29 is 14.3 Å². The summed E-state index contributed by atoms with van der Waals surface area (Å²) in [5.74, 6) is 1.62. The first kappa shape index (κ1) is 21.6. The first-order chi connectivity index (χ1) is 14.7. The smallest absolute Gasteiger partial charge is 0.225 e. The first-order valence-electron chi connectivity index (χ1n) is 11.9. The van der Waals surface area contributed by atoms with Crippen LogP contribution in [0.2, 0.25) is 0 Å². The molecule has 3 heterocycles. The molecule has 1 aromatic rings. The molecule has 0 aromatic heterocycles. The maximum atomic E-state index is 13.0. The average Bonchev–Trinajstić information content (AvgIpc) is 2.77. The van der Waals surface area contributed by atoms with Gasteiger partial charge in [-0.1, -0.05) is 24.6 Å². The molecule has 0 bridgehead atoms. The number of likely N-dealkylation sites (N-methyl/N-ethyl adjacent to an activating group) is 1. The molecular weight excluding hydrogens is 376 g/mol. The Hall–Kier alpha value is -1.59. The molecule has 2 fully saturated rings. The molecule has 166 valence electrons. The summed E-state index contributed by atoms with van der Waals surface area (Å²) >= 11 is 0. The molecule has 4 rings (SSSR count). The van der Waals surface area contributed by atoms with Gasteiger partial charge in [0.1, 0.15) is 12.4 Å². The SMILES string of the molecule is CN1CCOc2ccccc2CCCCC2(CCN(C(=O)C3CCOCC3)CC2)C1. The van der Waals surface area contributed by atoms with E-state index in [1.165, 1.54) is 24.8 Å². The number of fused-ring (bicyclic) bond motifs is 1. The second-order valence-corrected chi connectivity index (χ2v) is 9.61. The van der Waals surface area contributed by atoms with Crippen LogP contribution in [0.5, 0.6) is 5.75 Å². The van der Waals surface area contributed by atoms with Gasteiger partial charge in [0.25, 0.3) is 0 Å². The number of aryl methyl sites for hydroxylation is 1. The molecule has 2 saturated heterocycles. The Morgan fingerprint density at radius 3 is 2.57 bits per heavy atom. The van der Waals surface area contributed by atoms with Crippen LogP contribution in [0.3, 0.4) is 0 Å². The molecule has 1 spiro atoms. The molecule has 0 atom stereocenters. The predicted octanol–water partition coefficient (Wildman–Crippen LogP) is 3.76. The van der Waals surface area contributed by atoms with E-state index >= 15 is 0 Å². The predicted molar refractivity (Wildman–Crippen MR) is 119 cm³/mol. The number of likely N-dealkylation sites (tertiary alicyclic amines) is 1. The van der Waals surface area contributed by atoms with E-state index in [0.717, 1.165) is 83.9 Å². The fourth-order valence-electron chi connectivity index (χ4n) is 5.52. The van der Waals surface area contributed by atoms with Crippen LogP contribution < -0.4 is 4.74 Å². The molecule has 5 nitrogen and oxygen atoms in total. The summed E-state index contributed by atoms with van der Waals surface area (Å²) in [4.78, 5) is 17.6. The second kappa shape index (κ2) is 10.1. The van der Waals surface area contributed by atoms with Crippen molar-refractivity contribution in [3.05, 3.63) is 29.8 Å². The number of nitrogens with zero attached hydrogens (tertiary/aromatic N) is 2. The molecule has 30 heavy (non-hydrogen) atoms. The van der Waals surface area contributed by atoms with E-state index in [4.69, 9.17) is 9.47 Å². The van der Waals surface area contributed by atoms with Gasteiger partial charge in [-0.2, -0.15) is 0 Å². The number of carbonyl (C=O) groups excluding carboxylic acids is 1. The lowest BCUT2D eigenvalue weighted by Crippen LogP contribution is -2.49. The van der Waals surface area contributed by atoms with Crippen LogP contribution in [0.25, 0.3) is 0 Å². The number of hydrogen-bond acceptors (Lipinski definition) is 4. The monoisotopic (exact) mass is 414 g/mol. The van der Waals surface area contributed by atoms with E-state index in [9.17, 15) is 4.79 Å². The minimum atomic E-state index is 0.184. The number of rotatable bonds is 1. The Kier molecular flexibility index (Phi) is 7.32. The maximum absolute atomic E-state index is 13.0. The van der Waals surface area contributed by atoms with Gasteiger partial charge in [-0.05, 0) is 69.0 Å². The van der Waals surface area contributed by atoms with Crippen molar-refractivity contribution in [3.8, 4) is 5.75 Å². The lowest BCUT2D eigenvalue weighted by molar-refractivity contribution is -0.141. The summed E-state index contributed by atoms with van der Waals surface area (Å²) in [6.07, 6.45) is 8.85. The van der Waals surface area contributed by atoms with Crippen LogP contribution in [-0.4, -0.2) is 68.8 Å². The van der Waals surface area contributed by atoms with Crippen molar-refractivity contribution in [1.29, 1.82) is 0 Å². The fraction of sp³-hybridized carbons (Fsp3) is 0.720. The van der Waals surface area contributed by atoms with E-state index in [0.29, 0.717) is 11.3 Å². The minimum Gasteiger partial charge on any atom is -0.492 e. The first-order valence-corrected chi connectivity index (χ1v) is 11.9. The molecular formula is C25H38N2O3. The molecule has 0 radical (unpaired) electrons. The minimum absolute atomic E-state index is 0.184. The second-order valence-electron chi connectivity index (χ2n) is 9.61. The number of para-hydroxylation sites is 1. The molecule has 0 N–H and O–H groups in total. The Morgan fingerprint density at radius 1 is 1.00 bits per heavy atom. The van der Waals surface area contributed by atoms with Crippen LogP contribution in [0.1, 0.15) is 50.5 Å². The summed E-state index contributed by atoms with van der Waals surface area (Å²) in [5, 5.41) is 0. The van der Waals surface area contributed by atoms with Crippen molar-refractivity contribution in [1.82, 2.24) is 9.80 Å². The van der Waals surface area contributed by atoms with Crippen LogP contribution in [-0.2, 0) is 16.0 Å². The molecule has 3 aliphatic rings. The highest BCUT2D eigenvalue weighted by molar-refractivity contribution is 5.79. The van der Waals surface area contributed by atoms with Gasteiger partial charge in [-0.25, -0.2) is 0 Å². The Morgan fingerprint density at radius 2 is 1.77 bits per heavy atom. The zero-order chi connectivity index (χ0) is 20.8. The van der Waals surface area contributed by atoms with Crippen LogP contribution in [0.4, 0.5) is 0 Å². The van der Waals surface area contributed by atoms with Crippen molar-refractivity contribution in [2.45, 2.75) is 51.4 Å². The van der Waals surface area contributed by atoms with Gasteiger partial charge in [-0.15, -0.1) is 0 Å². The normalized spacial score (nSPS) is 24.4. The van der Waals surface area contributed by atoms with Crippen LogP contribution >= 0.6 is 0 Å². The van der Waals surface area contributed by atoms with Crippen LogP contribution in [0, 0.1) is 11.3 Å². The number of amides is 1. The van der Waals surface area contributed by atoms with E-state index in [1.54, 1.807) is 0 Å². The molecule has 0 saturated carbocycles.